The van der Waals surface area contributed by atoms with Crippen LogP contribution < -0.4 is 10.6 Å². The van der Waals surface area contributed by atoms with Crippen molar-refractivity contribution >= 4 is 11.6 Å². The number of hydrogen-bond acceptors (Lipinski definition) is 5. The van der Waals surface area contributed by atoms with E-state index in [1.54, 1.807) is 6.20 Å². The molecule has 1 aromatic rings. The second-order valence-corrected chi connectivity index (χ2v) is 6.04. The fourth-order valence-corrected chi connectivity index (χ4v) is 3.64. The molecule has 0 saturated carbocycles. The number of fused-ring (bicyclic) bond motifs is 2. The van der Waals surface area contributed by atoms with Crippen molar-refractivity contribution in [2.45, 2.75) is 57.2 Å². The van der Waals surface area contributed by atoms with E-state index >= 15 is 0 Å². The van der Waals surface area contributed by atoms with E-state index < -0.39 is 0 Å². The second kappa shape index (κ2) is 5.95. The predicted octanol–water partition coefficient (Wildman–Crippen LogP) is 2.34. The Morgan fingerprint density at radius 2 is 1.90 bits per heavy atom. The third kappa shape index (κ3) is 2.87. The lowest BCUT2D eigenvalue weighted by atomic mass is 9.82. The lowest BCUT2D eigenvalue weighted by Crippen LogP contribution is -2.52. The number of nitrogens with zero attached hydrogens (tertiary/aromatic N) is 3. The zero-order valence-corrected chi connectivity index (χ0v) is 12.5. The molecule has 0 spiro atoms. The number of nitrogens with one attached hydrogen (secondary N) is 2. The van der Waals surface area contributed by atoms with Crippen molar-refractivity contribution in [3.63, 3.8) is 0 Å². The fourth-order valence-electron chi connectivity index (χ4n) is 3.64. The summed E-state index contributed by atoms with van der Waals surface area (Å²) in [6.45, 7) is 2.94. The molecule has 0 radical (unpaired) electrons. The van der Waals surface area contributed by atoms with Gasteiger partial charge >= 0.3 is 0 Å². The third-order valence-electron chi connectivity index (χ3n) is 4.68. The van der Waals surface area contributed by atoms with Gasteiger partial charge in [0, 0.05) is 24.7 Å². The highest BCUT2D eigenvalue weighted by Crippen LogP contribution is 2.33. The van der Waals surface area contributed by atoms with Crippen LogP contribution in [0.25, 0.3) is 0 Å². The van der Waals surface area contributed by atoms with Crippen LogP contribution in [0.5, 0.6) is 0 Å². The normalized spacial score (nSPS) is 30.0. The Morgan fingerprint density at radius 3 is 2.60 bits per heavy atom. The maximum Gasteiger partial charge on any atom is 0.147 e. The zero-order valence-electron chi connectivity index (χ0n) is 12.5. The summed E-state index contributed by atoms with van der Waals surface area (Å²) in [5, 5.41) is 6.80. The van der Waals surface area contributed by atoms with E-state index in [2.05, 4.69) is 39.5 Å². The van der Waals surface area contributed by atoms with Crippen molar-refractivity contribution in [1.29, 1.82) is 0 Å². The highest BCUT2D eigenvalue weighted by molar-refractivity contribution is 5.42. The summed E-state index contributed by atoms with van der Waals surface area (Å²) in [7, 11) is 2.29. The number of piperidine rings is 2. The number of aromatic nitrogens is 2. The first kappa shape index (κ1) is 13.6. The standard InChI is InChI=1S/C15H25N5/c1-3-17-14-9-16-10-15(19-14)18-11-7-12-5-4-6-13(8-11)20(12)2/h9-13H,3-8H2,1-2H3,(H2,17,18,19). The minimum Gasteiger partial charge on any atom is -0.369 e. The molecular weight excluding hydrogens is 250 g/mol. The Hall–Kier alpha value is -1.36. The molecule has 2 atom stereocenters. The van der Waals surface area contributed by atoms with Crippen LogP contribution in [0.15, 0.2) is 12.4 Å². The molecule has 1 aromatic heterocycles. The van der Waals surface area contributed by atoms with Gasteiger partial charge in [-0.15, -0.1) is 0 Å². The minimum atomic E-state index is 0.535. The molecule has 2 aliphatic heterocycles. The summed E-state index contributed by atoms with van der Waals surface area (Å²) in [4.78, 5) is 11.4. The molecule has 2 aliphatic rings. The molecule has 2 saturated heterocycles. The van der Waals surface area contributed by atoms with Gasteiger partial charge in [0.15, 0.2) is 0 Å². The highest BCUT2D eigenvalue weighted by atomic mass is 15.2. The molecule has 3 heterocycles. The van der Waals surface area contributed by atoms with Crippen LogP contribution in [-0.4, -0.2) is 46.6 Å². The molecule has 2 N–H and O–H groups in total. The Balaban J connectivity index is 1.64. The van der Waals surface area contributed by atoms with Gasteiger partial charge in [0.05, 0.1) is 12.4 Å². The lowest BCUT2D eigenvalue weighted by Gasteiger charge is -2.47. The quantitative estimate of drug-likeness (QED) is 0.883. The minimum absolute atomic E-state index is 0.535. The SMILES string of the molecule is CCNc1cncc(NC2CC3CCCC(C2)N3C)n1. The maximum atomic E-state index is 4.57. The van der Waals surface area contributed by atoms with Crippen molar-refractivity contribution in [2.75, 3.05) is 24.2 Å². The summed E-state index contributed by atoms with van der Waals surface area (Å²) in [6, 6.07) is 2.02. The van der Waals surface area contributed by atoms with Crippen LogP contribution >= 0.6 is 0 Å². The second-order valence-electron chi connectivity index (χ2n) is 6.04. The van der Waals surface area contributed by atoms with Gasteiger partial charge in [-0.3, -0.25) is 4.98 Å². The summed E-state index contributed by atoms with van der Waals surface area (Å²) in [6.07, 6.45) is 10.1. The van der Waals surface area contributed by atoms with E-state index in [9.17, 15) is 0 Å². The largest absolute Gasteiger partial charge is 0.369 e. The van der Waals surface area contributed by atoms with Gasteiger partial charge in [-0.1, -0.05) is 6.42 Å². The first-order valence-corrected chi connectivity index (χ1v) is 7.80. The molecule has 0 aliphatic carbocycles. The van der Waals surface area contributed by atoms with Crippen LogP contribution in [0.4, 0.5) is 11.6 Å². The maximum absolute atomic E-state index is 4.57. The predicted molar refractivity (Wildman–Crippen MR) is 82.0 cm³/mol. The Bertz CT molecular complexity index is 436. The molecule has 2 fully saturated rings. The van der Waals surface area contributed by atoms with Crippen LogP contribution in [0.1, 0.15) is 39.0 Å². The Morgan fingerprint density at radius 1 is 1.20 bits per heavy atom. The van der Waals surface area contributed by atoms with Gasteiger partial charge in [-0.2, -0.15) is 0 Å². The van der Waals surface area contributed by atoms with Gasteiger partial charge in [0.2, 0.25) is 0 Å². The monoisotopic (exact) mass is 275 g/mol. The van der Waals surface area contributed by atoms with Gasteiger partial charge < -0.3 is 15.5 Å². The van der Waals surface area contributed by atoms with Gasteiger partial charge in [-0.05, 0) is 39.7 Å². The summed E-state index contributed by atoms with van der Waals surface area (Å²) < 4.78 is 0. The van der Waals surface area contributed by atoms with Gasteiger partial charge in [0.1, 0.15) is 11.6 Å². The molecule has 0 amide bonds. The van der Waals surface area contributed by atoms with E-state index in [0.29, 0.717) is 6.04 Å². The molecule has 20 heavy (non-hydrogen) atoms. The molecule has 0 aromatic carbocycles. The third-order valence-corrected chi connectivity index (χ3v) is 4.68. The van der Waals surface area contributed by atoms with Gasteiger partial charge in [-0.25, -0.2) is 4.98 Å². The lowest BCUT2D eigenvalue weighted by molar-refractivity contribution is 0.0608. The Kier molecular flexibility index (Phi) is 4.05. The number of anilines is 2. The zero-order chi connectivity index (χ0) is 13.9. The highest BCUT2D eigenvalue weighted by Gasteiger charge is 2.35. The number of hydrogen-bond donors (Lipinski definition) is 2. The van der Waals surface area contributed by atoms with Crippen LogP contribution in [-0.2, 0) is 0 Å². The molecule has 5 heteroatoms. The molecular formula is C15H25N5. The van der Waals surface area contributed by atoms with E-state index in [0.717, 1.165) is 30.3 Å². The number of rotatable bonds is 4. The molecule has 5 nitrogen and oxygen atoms in total. The fraction of sp³-hybridized carbons (Fsp3) is 0.733. The van der Waals surface area contributed by atoms with Crippen LogP contribution in [0.2, 0.25) is 0 Å². The molecule has 3 rings (SSSR count). The van der Waals surface area contributed by atoms with E-state index in [4.69, 9.17) is 0 Å². The van der Waals surface area contributed by atoms with Crippen LogP contribution in [0, 0.1) is 0 Å². The van der Waals surface area contributed by atoms with E-state index in [1.807, 2.05) is 6.20 Å². The molecule has 110 valence electrons. The van der Waals surface area contributed by atoms with E-state index in [-0.39, 0.29) is 0 Å². The average Bonchev–Trinajstić information content (AvgIpc) is 2.41. The Labute approximate surface area is 121 Å². The van der Waals surface area contributed by atoms with Crippen molar-refractivity contribution < 1.29 is 0 Å². The molecule has 2 bridgehead atoms. The first-order valence-electron chi connectivity index (χ1n) is 7.80. The van der Waals surface area contributed by atoms with Gasteiger partial charge in [0.25, 0.3) is 0 Å². The summed E-state index contributed by atoms with van der Waals surface area (Å²) in [5.74, 6) is 1.75. The topological polar surface area (TPSA) is 53.1 Å². The van der Waals surface area contributed by atoms with Crippen molar-refractivity contribution in [3.8, 4) is 0 Å². The van der Waals surface area contributed by atoms with E-state index in [1.165, 1.54) is 32.1 Å². The average molecular weight is 275 g/mol. The van der Waals surface area contributed by atoms with Crippen molar-refractivity contribution in [1.82, 2.24) is 14.9 Å². The summed E-state index contributed by atoms with van der Waals surface area (Å²) >= 11 is 0. The molecule has 2 unspecified atom stereocenters. The van der Waals surface area contributed by atoms with Crippen molar-refractivity contribution in [2.24, 2.45) is 0 Å². The first-order chi connectivity index (χ1) is 9.76. The smallest absolute Gasteiger partial charge is 0.147 e. The summed E-state index contributed by atoms with van der Waals surface area (Å²) in [5.41, 5.74) is 0. The van der Waals surface area contributed by atoms with Crippen LogP contribution in [0.3, 0.4) is 0 Å². The van der Waals surface area contributed by atoms with Crippen molar-refractivity contribution in [3.05, 3.63) is 12.4 Å².